The summed E-state index contributed by atoms with van der Waals surface area (Å²) in [6, 6.07) is 14.4. The number of aromatic nitrogens is 1. The van der Waals surface area contributed by atoms with Gasteiger partial charge < -0.3 is 4.74 Å². The van der Waals surface area contributed by atoms with Gasteiger partial charge >= 0.3 is 0 Å². The Morgan fingerprint density at radius 2 is 2.00 bits per heavy atom. The van der Waals surface area contributed by atoms with Crippen molar-refractivity contribution in [3.05, 3.63) is 65.3 Å². The largest absolute Gasteiger partial charge is 0.455 e. The van der Waals surface area contributed by atoms with Crippen LogP contribution in [0.5, 0.6) is 11.5 Å². The molecule has 1 heterocycles. The normalized spacial score (nSPS) is 10.4. The summed E-state index contributed by atoms with van der Waals surface area (Å²) in [4.78, 5) is 15.3. The van der Waals surface area contributed by atoms with Gasteiger partial charge in [-0.15, -0.1) is 0 Å². The zero-order chi connectivity index (χ0) is 13.9. The molecule has 0 atom stereocenters. The Hall–Kier alpha value is -2.39. The molecule has 0 saturated carbocycles. The zero-order valence-electron chi connectivity index (χ0n) is 10.4. The Labute approximate surface area is 120 Å². The quantitative estimate of drug-likeness (QED) is 0.665. The van der Waals surface area contributed by atoms with Crippen LogP contribution in [0.2, 0.25) is 5.02 Å². The number of fused-ring (bicyclic) bond motifs is 1. The lowest BCUT2D eigenvalue weighted by atomic mass is 10.2. The molecule has 20 heavy (non-hydrogen) atoms. The van der Waals surface area contributed by atoms with Crippen molar-refractivity contribution in [1.82, 2.24) is 4.98 Å². The molecule has 3 aromatic rings. The monoisotopic (exact) mass is 283 g/mol. The predicted octanol–water partition coefficient (Wildman–Crippen LogP) is 4.49. The maximum atomic E-state index is 11.0. The van der Waals surface area contributed by atoms with Gasteiger partial charge in [-0.25, -0.2) is 0 Å². The van der Waals surface area contributed by atoms with Crippen LogP contribution in [0.25, 0.3) is 10.9 Å². The summed E-state index contributed by atoms with van der Waals surface area (Å²) in [7, 11) is 0. The number of hydrogen-bond acceptors (Lipinski definition) is 3. The number of para-hydroxylation sites is 1. The number of rotatable bonds is 3. The minimum atomic E-state index is 0.361. The highest BCUT2D eigenvalue weighted by molar-refractivity contribution is 6.32. The molecule has 0 spiro atoms. The van der Waals surface area contributed by atoms with Crippen molar-refractivity contribution in [3.63, 3.8) is 0 Å². The standard InChI is InChI=1S/C16H10ClNO2/c17-14-5-1-3-12(10-19)16(14)20-13-7-6-11-4-2-8-18-15(11)9-13/h1-10H. The number of nitrogens with zero attached hydrogens (tertiary/aromatic N) is 1. The van der Waals surface area contributed by atoms with Crippen molar-refractivity contribution < 1.29 is 9.53 Å². The predicted molar refractivity (Wildman–Crippen MR) is 78.7 cm³/mol. The molecule has 0 bridgehead atoms. The first kappa shape index (κ1) is 12.6. The second-order valence-corrected chi connectivity index (χ2v) is 4.64. The van der Waals surface area contributed by atoms with Gasteiger partial charge in [0.05, 0.1) is 16.1 Å². The van der Waals surface area contributed by atoms with Gasteiger partial charge in [-0.2, -0.15) is 0 Å². The fourth-order valence-electron chi connectivity index (χ4n) is 1.95. The third-order valence-electron chi connectivity index (χ3n) is 2.92. The molecule has 1 aromatic heterocycles. The van der Waals surface area contributed by atoms with Crippen LogP contribution in [0, 0.1) is 0 Å². The maximum absolute atomic E-state index is 11.0. The van der Waals surface area contributed by atoms with Gasteiger partial charge in [0, 0.05) is 17.6 Å². The fourth-order valence-corrected chi connectivity index (χ4v) is 2.17. The highest BCUT2D eigenvalue weighted by atomic mass is 35.5. The van der Waals surface area contributed by atoms with E-state index in [4.69, 9.17) is 16.3 Å². The van der Waals surface area contributed by atoms with Gasteiger partial charge in [0.25, 0.3) is 0 Å². The van der Waals surface area contributed by atoms with Gasteiger partial charge in [0.1, 0.15) is 5.75 Å². The minimum absolute atomic E-state index is 0.361. The van der Waals surface area contributed by atoms with E-state index in [1.54, 1.807) is 24.4 Å². The van der Waals surface area contributed by atoms with Crippen molar-refractivity contribution in [2.75, 3.05) is 0 Å². The molecule has 0 fully saturated rings. The molecule has 98 valence electrons. The Balaban J connectivity index is 2.03. The number of hydrogen-bond donors (Lipinski definition) is 0. The smallest absolute Gasteiger partial charge is 0.156 e. The topological polar surface area (TPSA) is 39.2 Å². The Kier molecular flexibility index (Phi) is 3.35. The lowest BCUT2D eigenvalue weighted by molar-refractivity contribution is 0.112. The summed E-state index contributed by atoms with van der Waals surface area (Å²) in [5.74, 6) is 0.951. The highest BCUT2D eigenvalue weighted by Gasteiger charge is 2.09. The first-order valence-corrected chi connectivity index (χ1v) is 6.42. The van der Waals surface area contributed by atoms with E-state index in [9.17, 15) is 4.79 Å². The Morgan fingerprint density at radius 1 is 1.10 bits per heavy atom. The number of pyridine rings is 1. The van der Waals surface area contributed by atoms with E-state index in [2.05, 4.69) is 4.98 Å². The molecule has 0 aliphatic heterocycles. The highest BCUT2D eigenvalue weighted by Crippen LogP contribution is 2.33. The van der Waals surface area contributed by atoms with E-state index in [-0.39, 0.29) is 0 Å². The minimum Gasteiger partial charge on any atom is -0.455 e. The number of carbonyl (C=O) groups is 1. The first-order valence-electron chi connectivity index (χ1n) is 6.04. The summed E-state index contributed by atoms with van der Waals surface area (Å²) in [5.41, 5.74) is 1.24. The summed E-state index contributed by atoms with van der Waals surface area (Å²) in [6.07, 6.45) is 2.44. The second-order valence-electron chi connectivity index (χ2n) is 4.24. The van der Waals surface area contributed by atoms with Crippen LogP contribution in [-0.4, -0.2) is 11.3 Å². The Morgan fingerprint density at radius 3 is 2.85 bits per heavy atom. The number of halogens is 1. The second kappa shape index (κ2) is 5.31. The molecule has 0 unspecified atom stereocenters. The van der Waals surface area contributed by atoms with E-state index in [1.165, 1.54) is 0 Å². The van der Waals surface area contributed by atoms with Gasteiger partial charge in [-0.1, -0.05) is 23.7 Å². The summed E-state index contributed by atoms with van der Waals surface area (Å²) in [6.45, 7) is 0. The van der Waals surface area contributed by atoms with Crippen LogP contribution in [0.3, 0.4) is 0 Å². The van der Waals surface area contributed by atoms with E-state index in [1.807, 2.05) is 30.3 Å². The number of benzene rings is 2. The van der Waals surface area contributed by atoms with Gasteiger partial charge in [-0.05, 0) is 30.3 Å². The summed E-state index contributed by atoms with van der Waals surface area (Å²) in [5, 5.41) is 1.42. The third kappa shape index (κ3) is 2.36. The van der Waals surface area contributed by atoms with E-state index < -0.39 is 0 Å². The summed E-state index contributed by atoms with van der Waals surface area (Å²) < 4.78 is 5.74. The van der Waals surface area contributed by atoms with Crippen molar-refractivity contribution in [2.45, 2.75) is 0 Å². The first-order chi connectivity index (χ1) is 9.78. The molecule has 0 radical (unpaired) electrons. The van der Waals surface area contributed by atoms with Crippen molar-refractivity contribution in [3.8, 4) is 11.5 Å². The number of ether oxygens (including phenoxy) is 1. The van der Waals surface area contributed by atoms with Crippen LogP contribution in [0.4, 0.5) is 0 Å². The molecule has 0 saturated heterocycles. The van der Waals surface area contributed by atoms with Crippen molar-refractivity contribution in [1.29, 1.82) is 0 Å². The maximum Gasteiger partial charge on any atom is 0.156 e. The van der Waals surface area contributed by atoms with E-state index >= 15 is 0 Å². The molecule has 4 heteroatoms. The molecule has 3 nitrogen and oxygen atoms in total. The van der Waals surface area contributed by atoms with Gasteiger partial charge in [0.15, 0.2) is 12.0 Å². The lowest BCUT2D eigenvalue weighted by Gasteiger charge is -2.10. The van der Waals surface area contributed by atoms with Crippen LogP contribution in [0.1, 0.15) is 10.4 Å². The Bertz CT molecular complexity index is 786. The molecule has 0 amide bonds. The lowest BCUT2D eigenvalue weighted by Crippen LogP contribution is -1.91. The average molecular weight is 284 g/mol. The molecule has 2 aromatic carbocycles. The SMILES string of the molecule is O=Cc1cccc(Cl)c1Oc1ccc2cccnc2c1. The zero-order valence-corrected chi connectivity index (χ0v) is 11.2. The van der Waals surface area contributed by atoms with E-state index in [0.29, 0.717) is 22.1 Å². The molecule has 0 aliphatic rings. The van der Waals surface area contributed by atoms with Crippen molar-refractivity contribution >= 4 is 28.8 Å². The van der Waals surface area contributed by atoms with Gasteiger partial charge in [0.2, 0.25) is 0 Å². The van der Waals surface area contributed by atoms with E-state index in [0.717, 1.165) is 17.2 Å². The molecule has 0 aliphatic carbocycles. The van der Waals surface area contributed by atoms with Crippen LogP contribution >= 0.6 is 11.6 Å². The van der Waals surface area contributed by atoms with Crippen molar-refractivity contribution in [2.24, 2.45) is 0 Å². The summed E-state index contributed by atoms with van der Waals surface area (Å²) >= 11 is 6.08. The molecular weight excluding hydrogens is 274 g/mol. The third-order valence-corrected chi connectivity index (χ3v) is 3.22. The average Bonchev–Trinajstić information content (AvgIpc) is 2.49. The fraction of sp³-hybridized carbons (Fsp3) is 0. The number of aldehydes is 1. The van der Waals surface area contributed by atoms with Crippen LogP contribution < -0.4 is 4.74 Å². The van der Waals surface area contributed by atoms with Crippen LogP contribution in [0.15, 0.2) is 54.7 Å². The molecular formula is C16H10ClNO2. The number of carbonyl (C=O) groups excluding carboxylic acids is 1. The van der Waals surface area contributed by atoms with Gasteiger partial charge in [-0.3, -0.25) is 9.78 Å². The molecule has 3 rings (SSSR count). The van der Waals surface area contributed by atoms with Crippen LogP contribution in [-0.2, 0) is 0 Å². The molecule has 0 N–H and O–H groups in total.